The lowest BCUT2D eigenvalue weighted by atomic mass is 10.1. The standard InChI is InChI=1S/C23H22N2O3/c1-16(2)22(26)24-17-12-14-18(15-13-17)25-23(27)20-10-6-7-11-21(20)28-19-8-4-3-5-9-19/h3-16H,1-2H3,(H,24,26)(H,25,27). The minimum atomic E-state index is -0.273. The fourth-order valence-corrected chi connectivity index (χ4v) is 2.48. The summed E-state index contributed by atoms with van der Waals surface area (Å²) in [5, 5.41) is 5.67. The highest BCUT2D eigenvalue weighted by Gasteiger charge is 2.13. The SMILES string of the molecule is CC(C)C(=O)Nc1ccc(NC(=O)c2ccccc2Oc2ccccc2)cc1. The summed E-state index contributed by atoms with van der Waals surface area (Å²) in [6.07, 6.45) is 0. The number of amides is 2. The largest absolute Gasteiger partial charge is 0.457 e. The fourth-order valence-electron chi connectivity index (χ4n) is 2.48. The summed E-state index contributed by atoms with van der Waals surface area (Å²) < 4.78 is 5.85. The molecule has 28 heavy (non-hydrogen) atoms. The molecule has 0 atom stereocenters. The van der Waals surface area contributed by atoms with Crippen LogP contribution in [0.15, 0.2) is 78.9 Å². The zero-order valence-electron chi connectivity index (χ0n) is 15.8. The van der Waals surface area contributed by atoms with Crippen molar-refractivity contribution < 1.29 is 14.3 Å². The van der Waals surface area contributed by atoms with Gasteiger partial charge in [0.25, 0.3) is 5.91 Å². The van der Waals surface area contributed by atoms with Crippen molar-refractivity contribution in [2.24, 2.45) is 5.92 Å². The van der Waals surface area contributed by atoms with E-state index in [9.17, 15) is 9.59 Å². The Morgan fingerprint density at radius 2 is 1.32 bits per heavy atom. The molecule has 2 N–H and O–H groups in total. The number of carbonyl (C=O) groups is 2. The molecule has 0 aliphatic heterocycles. The molecule has 0 bridgehead atoms. The third-order valence-electron chi connectivity index (χ3n) is 4.04. The molecule has 0 aliphatic rings. The molecule has 0 radical (unpaired) electrons. The number of carbonyl (C=O) groups excluding carboxylic acids is 2. The van der Waals surface area contributed by atoms with Gasteiger partial charge in [0, 0.05) is 17.3 Å². The van der Waals surface area contributed by atoms with Gasteiger partial charge in [-0.2, -0.15) is 0 Å². The molecule has 3 rings (SSSR count). The first-order valence-corrected chi connectivity index (χ1v) is 9.07. The molecule has 3 aromatic carbocycles. The molecule has 0 saturated heterocycles. The highest BCUT2D eigenvalue weighted by Crippen LogP contribution is 2.26. The van der Waals surface area contributed by atoms with Gasteiger partial charge < -0.3 is 15.4 Å². The summed E-state index contributed by atoms with van der Waals surface area (Å²) >= 11 is 0. The van der Waals surface area contributed by atoms with Crippen molar-refractivity contribution in [2.75, 3.05) is 10.6 Å². The van der Waals surface area contributed by atoms with Crippen LogP contribution in [0.1, 0.15) is 24.2 Å². The van der Waals surface area contributed by atoms with Crippen molar-refractivity contribution in [1.29, 1.82) is 0 Å². The van der Waals surface area contributed by atoms with Gasteiger partial charge in [0.2, 0.25) is 5.91 Å². The zero-order chi connectivity index (χ0) is 19.9. The van der Waals surface area contributed by atoms with E-state index >= 15 is 0 Å². The van der Waals surface area contributed by atoms with Gasteiger partial charge in [-0.1, -0.05) is 44.2 Å². The Kier molecular flexibility index (Phi) is 6.07. The Morgan fingerprint density at radius 3 is 1.96 bits per heavy atom. The van der Waals surface area contributed by atoms with Crippen molar-refractivity contribution in [3.63, 3.8) is 0 Å². The van der Waals surface area contributed by atoms with Crippen molar-refractivity contribution in [3.8, 4) is 11.5 Å². The predicted molar refractivity (Wildman–Crippen MR) is 111 cm³/mol. The van der Waals surface area contributed by atoms with Crippen LogP contribution in [0.25, 0.3) is 0 Å². The molecule has 0 spiro atoms. The molecule has 3 aromatic rings. The Hall–Kier alpha value is -3.60. The summed E-state index contributed by atoms with van der Waals surface area (Å²) in [5.74, 6) is 0.717. The lowest BCUT2D eigenvalue weighted by Crippen LogP contribution is -2.17. The van der Waals surface area contributed by atoms with Crippen LogP contribution in [0.4, 0.5) is 11.4 Å². The Morgan fingerprint density at radius 1 is 0.750 bits per heavy atom. The molecule has 5 heteroatoms. The molecule has 0 heterocycles. The second-order valence-electron chi connectivity index (χ2n) is 6.59. The third kappa shape index (κ3) is 4.98. The van der Waals surface area contributed by atoms with E-state index < -0.39 is 0 Å². The molecule has 5 nitrogen and oxygen atoms in total. The lowest BCUT2D eigenvalue weighted by Gasteiger charge is -2.12. The second-order valence-corrected chi connectivity index (χ2v) is 6.59. The van der Waals surface area contributed by atoms with E-state index in [0.29, 0.717) is 28.4 Å². The van der Waals surface area contributed by atoms with Gasteiger partial charge in [0.15, 0.2) is 0 Å². The van der Waals surface area contributed by atoms with Crippen molar-refractivity contribution >= 4 is 23.2 Å². The first-order chi connectivity index (χ1) is 13.5. The predicted octanol–water partition coefficient (Wildman–Crippen LogP) is 5.33. The van der Waals surface area contributed by atoms with E-state index in [2.05, 4.69) is 10.6 Å². The number of para-hydroxylation sites is 2. The van der Waals surface area contributed by atoms with Gasteiger partial charge in [-0.05, 0) is 48.5 Å². The van der Waals surface area contributed by atoms with E-state index in [1.165, 1.54) is 0 Å². The summed E-state index contributed by atoms with van der Waals surface area (Å²) in [7, 11) is 0. The normalized spacial score (nSPS) is 10.4. The molecular formula is C23H22N2O3. The minimum Gasteiger partial charge on any atom is -0.457 e. The quantitative estimate of drug-likeness (QED) is 0.613. The number of hydrogen-bond donors (Lipinski definition) is 2. The first kappa shape index (κ1) is 19.2. The average Bonchev–Trinajstić information content (AvgIpc) is 2.70. The number of benzene rings is 3. The van der Waals surface area contributed by atoms with Crippen LogP contribution in [-0.4, -0.2) is 11.8 Å². The number of ether oxygens (including phenoxy) is 1. The Labute approximate surface area is 164 Å². The number of rotatable bonds is 6. The number of hydrogen-bond acceptors (Lipinski definition) is 3. The molecule has 142 valence electrons. The maximum atomic E-state index is 12.7. The smallest absolute Gasteiger partial charge is 0.259 e. The molecule has 0 aromatic heterocycles. The molecular weight excluding hydrogens is 352 g/mol. The molecule has 0 unspecified atom stereocenters. The van der Waals surface area contributed by atoms with Gasteiger partial charge in [0.05, 0.1) is 5.56 Å². The van der Waals surface area contributed by atoms with Gasteiger partial charge in [-0.3, -0.25) is 9.59 Å². The molecule has 0 fully saturated rings. The minimum absolute atomic E-state index is 0.0521. The van der Waals surface area contributed by atoms with Gasteiger partial charge >= 0.3 is 0 Å². The van der Waals surface area contributed by atoms with E-state index in [1.54, 1.807) is 42.5 Å². The van der Waals surface area contributed by atoms with Crippen LogP contribution >= 0.6 is 0 Å². The summed E-state index contributed by atoms with van der Waals surface area (Å²) in [4.78, 5) is 24.5. The zero-order valence-corrected chi connectivity index (χ0v) is 15.8. The van der Waals surface area contributed by atoms with E-state index in [1.807, 2.05) is 50.2 Å². The third-order valence-corrected chi connectivity index (χ3v) is 4.04. The van der Waals surface area contributed by atoms with Crippen molar-refractivity contribution in [3.05, 3.63) is 84.4 Å². The maximum absolute atomic E-state index is 12.7. The van der Waals surface area contributed by atoms with Gasteiger partial charge in [0.1, 0.15) is 11.5 Å². The van der Waals surface area contributed by atoms with E-state index in [0.717, 1.165) is 0 Å². The number of nitrogens with one attached hydrogen (secondary N) is 2. The van der Waals surface area contributed by atoms with Crippen LogP contribution < -0.4 is 15.4 Å². The van der Waals surface area contributed by atoms with Gasteiger partial charge in [-0.25, -0.2) is 0 Å². The van der Waals surface area contributed by atoms with Crippen molar-refractivity contribution in [2.45, 2.75) is 13.8 Å². The fraction of sp³-hybridized carbons (Fsp3) is 0.130. The highest BCUT2D eigenvalue weighted by molar-refractivity contribution is 6.06. The van der Waals surface area contributed by atoms with Crippen LogP contribution in [0, 0.1) is 5.92 Å². The topological polar surface area (TPSA) is 67.4 Å². The van der Waals surface area contributed by atoms with E-state index in [-0.39, 0.29) is 17.7 Å². The van der Waals surface area contributed by atoms with E-state index in [4.69, 9.17) is 4.74 Å². The Bertz CT molecular complexity index is 951. The first-order valence-electron chi connectivity index (χ1n) is 9.07. The van der Waals surface area contributed by atoms with Gasteiger partial charge in [-0.15, -0.1) is 0 Å². The molecule has 2 amide bonds. The maximum Gasteiger partial charge on any atom is 0.259 e. The monoisotopic (exact) mass is 374 g/mol. The average molecular weight is 374 g/mol. The number of anilines is 2. The van der Waals surface area contributed by atoms with Crippen LogP contribution in [-0.2, 0) is 4.79 Å². The van der Waals surface area contributed by atoms with Crippen molar-refractivity contribution in [1.82, 2.24) is 0 Å². The molecule has 0 saturated carbocycles. The van der Waals surface area contributed by atoms with Crippen LogP contribution in [0.3, 0.4) is 0 Å². The summed E-state index contributed by atoms with van der Waals surface area (Å²) in [6, 6.07) is 23.4. The summed E-state index contributed by atoms with van der Waals surface area (Å²) in [5.41, 5.74) is 1.75. The Balaban J connectivity index is 1.70. The molecule has 0 aliphatic carbocycles. The summed E-state index contributed by atoms with van der Waals surface area (Å²) in [6.45, 7) is 3.66. The second kappa shape index (κ2) is 8.86. The van der Waals surface area contributed by atoms with Crippen LogP contribution in [0.2, 0.25) is 0 Å². The van der Waals surface area contributed by atoms with Crippen LogP contribution in [0.5, 0.6) is 11.5 Å². The lowest BCUT2D eigenvalue weighted by molar-refractivity contribution is -0.118. The highest BCUT2D eigenvalue weighted by atomic mass is 16.5.